The molecule has 0 aliphatic carbocycles. The zero-order chi connectivity index (χ0) is 14.8. The molecule has 5 heteroatoms. The highest BCUT2D eigenvalue weighted by Crippen LogP contribution is 2.28. The Morgan fingerprint density at radius 2 is 1.71 bits per heavy atom. The maximum Gasteiger partial charge on any atom is 0.0465 e. The van der Waals surface area contributed by atoms with E-state index in [0.717, 1.165) is 61.2 Å². The molecule has 0 aromatic heterocycles. The molecule has 21 heavy (non-hydrogen) atoms. The maximum atomic E-state index is 6.27. The molecule has 0 bridgehead atoms. The van der Waals surface area contributed by atoms with E-state index < -0.39 is 0 Å². The molecule has 0 saturated carbocycles. The zero-order valence-electron chi connectivity index (χ0n) is 12.3. The van der Waals surface area contributed by atoms with Crippen molar-refractivity contribution in [3.05, 3.63) is 33.8 Å². The van der Waals surface area contributed by atoms with Crippen LogP contribution < -0.4 is 5.73 Å². The average Bonchev–Trinajstić information content (AvgIpc) is 2.92. The van der Waals surface area contributed by atoms with Gasteiger partial charge in [0.25, 0.3) is 0 Å². The van der Waals surface area contributed by atoms with Crippen molar-refractivity contribution >= 4 is 23.2 Å². The minimum atomic E-state index is 0.403. The molecule has 0 amide bonds. The summed E-state index contributed by atoms with van der Waals surface area (Å²) in [7, 11) is 0. The minimum absolute atomic E-state index is 0.403. The normalized spacial score (nSPS) is 25.6. The summed E-state index contributed by atoms with van der Waals surface area (Å²) in [6, 6.07) is 6.81. The van der Waals surface area contributed by atoms with Gasteiger partial charge in [-0.3, -0.25) is 9.80 Å². The van der Waals surface area contributed by atoms with E-state index in [4.69, 9.17) is 28.9 Å². The predicted octanol–water partition coefficient (Wildman–Crippen LogP) is 2.99. The molecular weight excluding hydrogens is 305 g/mol. The molecule has 2 fully saturated rings. The summed E-state index contributed by atoms with van der Waals surface area (Å²) in [6.07, 6.45) is 3.50. The van der Waals surface area contributed by atoms with Crippen LogP contribution in [0.15, 0.2) is 18.2 Å². The summed E-state index contributed by atoms with van der Waals surface area (Å²) < 4.78 is 0. The Bertz CT molecular complexity index is 466. The number of hydrogen-bond donors (Lipinski definition) is 1. The number of piperidine rings is 1. The second kappa shape index (κ2) is 6.84. The number of likely N-dealkylation sites (tertiary alicyclic amines) is 2. The molecule has 2 aliphatic heterocycles. The van der Waals surface area contributed by atoms with Crippen molar-refractivity contribution in [1.82, 2.24) is 9.80 Å². The summed E-state index contributed by atoms with van der Waals surface area (Å²) in [6.45, 7) is 5.37. The monoisotopic (exact) mass is 327 g/mol. The van der Waals surface area contributed by atoms with Gasteiger partial charge in [-0.05, 0) is 44.5 Å². The van der Waals surface area contributed by atoms with Crippen LogP contribution in [0.3, 0.4) is 0 Å². The maximum absolute atomic E-state index is 6.27. The van der Waals surface area contributed by atoms with Crippen molar-refractivity contribution in [3.8, 4) is 0 Å². The number of hydrogen-bond acceptors (Lipinski definition) is 3. The Morgan fingerprint density at radius 3 is 2.38 bits per heavy atom. The molecule has 2 heterocycles. The van der Waals surface area contributed by atoms with Crippen LogP contribution in [0.25, 0.3) is 0 Å². The largest absolute Gasteiger partial charge is 0.328 e. The highest BCUT2D eigenvalue weighted by Gasteiger charge is 2.30. The Labute approximate surface area is 137 Å². The number of halogens is 2. The van der Waals surface area contributed by atoms with E-state index in [1.807, 2.05) is 18.2 Å². The van der Waals surface area contributed by atoms with E-state index in [9.17, 15) is 0 Å². The molecule has 3 rings (SSSR count). The average molecular weight is 328 g/mol. The fourth-order valence-electron chi connectivity index (χ4n) is 3.45. The lowest BCUT2D eigenvalue weighted by atomic mass is 10.0. The van der Waals surface area contributed by atoms with Gasteiger partial charge in [0.15, 0.2) is 0 Å². The van der Waals surface area contributed by atoms with Crippen molar-refractivity contribution in [2.24, 2.45) is 5.73 Å². The molecule has 1 atom stereocenters. The molecule has 1 unspecified atom stereocenters. The van der Waals surface area contributed by atoms with Crippen molar-refractivity contribution in [3.63, 3.8) is 0 Å². The molecule has 2 N–H and O–H groups in total. The van der Waals surface area contributed by atoms with Crippen molar-refractivity contribution < 1.29 is 0 Å². The van der Waals surface area contributed by atoms with Crippen LogP contribution in [-0.2, 0) is 6.54 Å². The Morgan fingerprint density at radius 1 is 1.05 bits per heavy atom. The summed E-state index contributed by atoms with van der Waals surface area (Å²) in [5, 5.41) is 1.55. The molecule has 0 spiro atoms. The minimum Gasteiger partial charge on any atom is -0.328 e. The molecule has 2 aliphatic rings. The van der Waals surface area contributed by atoms with Crippen LogP contribution >= 0.6 is 23.2 Å². The third kappa shape index (κ3) is 3.72. The summed E-state index contributed by atoms with van der Waals surface area (Å²) in [4.78, 5) is 5.07. The van der Waals surface area contributed by atoms with E-state index in [0.29, 0.717) is 12.1 Å². The van der Waals surface area contributed by atoms with Gasteiger partial charge in [-0.1, -0.05) is 29.3 Å². The molecular formula is C16H23Cl2N3. The first kappa shape index (κ1) is 15.6. The van der Waals surface area contributed by atoms with Crippen molar-refractivity contribution in [2.45, 2.75) is 37.9 Å². The Balaban J connectivity index is 1.57. The van der Waals surface area contributed by atoms with Crippen LogP contribution in [-0.4, -0.2) is 48.1 Å². The SMILES string of the molecule is NC1CCN(C2CCN(Cc3c(Cl)cccc3Cl)C2)CC1. The molecule has 2 saturated heterocycles. The van der Waals surface area contributed by atoms with Crippen molar-refractivity contribution in [1.29, 1.82) is 0 Å². The molecule has 116 valence electrons. The van der Waals surface area contributed by atoms with Gasteiger partial charge in [0, 0.05) is 47.3 Å². The predicted molar refractivity (Wildman–Crippen MR) is 88.9 cm³/mol. The molecule has 0 radical (unpaired) electrons. The first-order valence-electron chi connectivity index (χ1n) is 7.78. The number of rotatable bonds is 3. The lowest BCUT2D eigenvalue weighted by molar-refractivity contribution is 0.151. The fraction of sp³-hybridized carbons (Fsp3) is 0.625. The molecule has 1 aromatic carbocycles. The van der Waals surface area contributed by atoms with Crippen molar-refractivity contribution in [2.75, 3.05) is 26.2 Å². The van der Waals surface area contributed by atoms with E-state index in [1.165, 1.54) is 6.42 Å². The molecule has 1 aromatic rings. The first-order chi connectivity index (χ1) is 10.1. The van der Waals surface area contributed by atoms with E-state index in [-0.39, 0.29) is 0 Å². The van der Waals surface area contributed by atoms with Crippen LogP contribution in [0.2, 0.25) is 10.0 Å². The van der Waals surface area contributed by atoms with Gasteiger partial charge < -0.3 is 5.73 Å². The lowest BCUT2D eigenvalue weighted by Crippen LogP contribution is -2.46. The smallest absolute Gasteiger partial charge is 0.0465 e. The van der Waals surface area contributed by atoms with Crippen LogP contribution in [0.4, 0.5) is 0 Å². The standard InChI is InChI=1S/C16H23Cl2N3/c17-15-2-1-3-16(18)14(15)11-20-7-6-13(10-20)21-8-4-12(19)5-9-21/h1-3,12-13H,4-11,19H2. The van der Waals surface area contributed by atoms with Gasteiger partial charge in [-0.15, -0.1) is 0 Å². The van der Waals surface area contributed by atoms with Gasteiger partial charge in [-0.2, -0.15) is 0 Å². The summed E-state index contributed by atoms with van der Waals surface area (Å²) in [5.41, 5.74) is 7.05. The van der Waals surface area contributed by atoms with E-state index in [1.54, 1.807) is 0 Å². The summed E-state index contributed by atoms with van der Waals surface area (Å²) in [5.74, 6) is 0. The van der Waals surface area contributed by atoms with Crippen LogP contribution in [0.5, 0.6) is 0 Å². The zero-order valence-corrected chi connectivity index (χ0v) is 13.8. The number of nitrogens with two attached hydrogens (primary N) is 1. The second-order valence-electron chi connectivity index (χ2n) is 6.25. The number of benzene rings is 1. The van der Waals surface area contributed by atoms with E-state index in [2.05, 4.69) is 9.80 Å². The lowest BCUT2D eigenvalue weighted by Gasteiger charge is -2.34. The topological polar surface area (TPSA) is 32.5 Å². The Hall–Kier alpha value is -0.320. The highest BCUT2D eigenvalue weighted by atomic mass is 35.5. The second-order valence-corrected chi connectivity index (χ2v) is 7.07. The van der Waals surface area contributed by atoms with Gasteiger partial charge in [0.05, 0.1) is 0 Å². The van der Waals surface area contributed by atoms with Gasteiger partial charge in [0.1, 0.15) is 0 Å². The summed E-state index contributed by atoms with van der Waals surface area (Å²) >= 11 is 12.5. The van der Waals surface area contributed by atoms with Gasteiger partial charge in [-0.25, -0.2) is 0 Å². The van der Waals surface area contributed by atoms with Crippen LogP contribution in [0, 0.1) is 0 Å². The Kier molecular flexibility index (Phi) is 5.07. The quantitative estimate of drug-likeness (QED) is 0.926. The first-order valence-corrected chi connectivity index (χ1v) is 8.54. The van der Waals surface area contributed by atoms with Gasteiger partial charge >= 0.3 is 0 Å². The van der Waals surface area contributed by atoms with Gasteiger partial charge in [0.2, 0.25) is 0 Å². The highest BCUT2D eigenvalue weighted by molar-refractivity contribution is 6.35. The third-order valence-corrected chi connectivity index (χ3v) is 5.49. The fourth-order valence-corrected chi connectivity index (χ4v) is 3.96. The third-order valence-electron chi connectivity index (χ3n) is 4.78. The molecule has 3 nitrogen and oxygen atoms in total. The van der Waals surface area contributed by atoms with E-state index >= 15 is 0 Å². The number of nitrogens with zero attached hydrogens (tertiary/aromatic N) is 2. The van der Waals surface area contributed by atoms with Crippen LogP contribution in [0.1, 0.15) is 24.8 Å².